The molecule has 2 aromatic rings. The summed E-state index contributed by atoms with van der Waals surface area (Å²) in [4.78, 5) is 22.0. The predicted molar refractivity (Wildman–Crippen MR) is 115 cm³/mol. The third kappa shape index (κ3) is 4.95. The molecule has 1 aliphatic rings. The number of nitrogens with zero attached hydrogens (tertiary/aromatic N) is 3. The summed E-state index contributed by atoms with van der Waals surface area (Å²) in [6, 6.07) is 7.86. The maximum atomic E-state index is 13.2. The zero-order valence-electron chi connectivity index (χ0n) is 17.1. The average molecular weight is 404 g/mol. The monoisotopic (exact) mass is 403 g/mol. The Morgan fingerprint density at radius 3 is 2.64 bits per heavy atom. The van der Waals surface area contributed by atoms with Gasteiger partial charge in [0.05, 0.1) is 12.1 Å². The second-order valence-corrected chi connectivity index (χ2v) is 8.23. The summed E-state index contributed by atoms with van der Waals surface area (Å²) in [6.45, 7) is 1.67. The normalized spacial score (nSPS) is 15.0. The molecule has 0 spiro atoms. The average Bonchev–Trinajstić information content (AvgIpc) is 2.70. The second kappa shape index (κ2) is 9.57. The molecule has 152 valence electrons. The smallest absolute Gasteiger partial charge is 0.226 e. The number of ether oxygens (including phenoxy) is 1. The van der Waals surface area contributed by atoms with E-state index in [0.29, 0.717) is 24.7 Å². The van der Waals surface area contributed by atoms with Crippen LogP contribution in [0.4, 0.5) is 5.82 Å². The molecule has 5 nitrogen and oxygen atoms in total. The largest absolute Gasteiger partial charge is 0.383 e. The Morgan fingerprint density at radius 2 is 1.96 bits per heavy atom. The first-order chi connectivity index (χ1) is 13.5. The number of halogens is 1. The second-order valence-electron chi connectivity index (χ2n) is 7.79. The Kier molecular flexibility index (Phi) is 7.13. The maximum absolute atomic E-state index is 13.2. The Bertz CT molecular complexity index is 819. The first-order valence-corrected chi connectivity index (χ1v) is 10.4. The highest BCUT2D eigenvalue weighted by Gasteiger charge is 2.27. The predicted octanol–water partition coefficient (Wildman–Crippen LogP) is 4.51. The summed E-state index contributed by atoms with van der Waals surface area (Å²) >= 11 is 6.14. The van der Waals surface area contributed by atoms with Crippen molar-refractivity contribution in [3.63, 3.8) is 0 Å². The van der Waals surface area contributed by atoms with Crippen LogP contribution in [-0.2, 0) is 16.1 Å². The number of hydrogen-bond acceptors (Lipinski definition) is 4. The summed E-state index contributed by atoms with van der Waals surface area (Å²) < 4.78 is 5.27. The molecule has 1 saturated carbocycles. The standard InChI is InChI=1S/C22H30ClN3O2/c1-25(2)21-18(13-17-9-10-19(23)14-20(17)24-21)15-26(11-12-28-3)22(27)16-7-5-4-6-8-16/h9-10,13-14,16H,4-8,11-12,15H2,1-3H3. The molecular formula is C22H30ClN3O2. The van der Waals surface area contributed by atoms with Gasteiger partial charge >= 0.3 is 0 Å². The first-order valence-electron chi connectivity index (χ1n) is 10.0. The van der Waals surface area contributed by atoms with Gasteiger partial charge in [-0.2, -0.15) is 0 Å². The van der Waals surface area contributed by atoms with E-state index in [1.54, 1.807) is 7.11 Å². The molecule has 1 aromatic heterocycles. The SMILES string of the molecule is COCCN(Cc1cc2ccc(Cl)cc2nc1N(C)C)C(=O)C1CCCCC1. The lowest BCUT2D eigenvalue weighted by atomic mass is 9.88. The van der Waals surface area contributed by atoms with Crippen molar-refractivity contribution in [2.75, 3.05) is 39.3 Å². The van der Waals surface area contributed by atoms with Crippen LogP contribution in [0.25, 0.3) is 10.9 Å². The Balaban J connectivity index is 1.91. The summed E-state index contributed by atoms with van der Waals surface area (Å²) in [7, 11) is 5.63. The van der Waals surface area contributed by atoms with E-state index in [2.05, 4.69) is 6.07 Å². The molecule has 0 N–H and O–H groups in total. The Morgan fingerprint density at radius 1 is 1.21 bits per heavy atom. The molecule has 1 aromatic carbocycles. The van der Waals surface area contributed by atoms with E-state index in [4.69, 9.17) is 21.3 Å². The van der Waals surface area contributed by atoms with E-state index in [1.165, 1.54) is 6.42 Å². The molecule has 1 amide bonds. The first kappa shape index (κ1) is 20.9. The van der Waals surface area contributed by atoms with Gasteiger partial charge in [0.2, 0.25) is 5.91 Å². The number of methoxy groups -OCH3 is 1. The fourth-order valence-corrected chi connectivity index (χ4v) is 4.13. The number of benzene rings is 1. The quantitative estimate of drug-likeness (QED) is 0.682. The van der Waals surface area contributed by atoms with E-state index >= 15 is 0 Å². The van der Waals surface area contributed by atoms with Crippen LogP contribution in [0.15, 0.2) is 24.3 Å². The van der Waals surface area contributed by atoms with Crippen molar-refractivity contribution in [1.29, 1.82) is 0 Å². The summed E-state index contributed by atoms with van der Waals surface area (Å²) in [5, 5.41) is 1.70. The molecule has 28 heavy (non-hydrogen) atoms. The van der Waals surface area contributed by atoms with Crippen molar-refractivity contribution in [1.82, 2.24) is 9.88 Å². The van der Waals surface area contributed by atoms with Crippen molar-refractivity contribution >= 4 is 34.2 Å². The van der Waals surface area contributed by atoms with Gasteiger partial charge in [0, 0.05) is 56.2 Å². The molecule has 0 atom stereocenters. The van der Waals surface area contributed by atoms with E-state index in [0.717, 1.165) is 48.0 Å². The molecule has 1 heterocycles. The lowest BCUT2D eigenvalue weighted by Gasteiger charge is -2.30. The van der Waals surface area contributed by atoms with Crippen LogP contribution in [0, 0.1) is 5.92 Å². The van der Waals surface area contributed by atoms with Crippen molar-refractivity contribution in [2.45, 2.75) is 38.6 Å². The zero-order chi connectivity index (χ0) is 20.1. The third-order valence-electron chi connectivity index (χ3n) is 5.45. The van der Waals surface area contributed by atoms with E-state index in [1.807, 2.05) is 42.1 Å². The summed E-state index contributed by atoms with van der Waals surface area (Å²) in [6.07, 6.45) is 5.53. The lowest BCUT2D eigenvalue weighted by molar-refractivity contribution is -0.137. The van der Waals surface area contributed by atoms with Gasteiger partial charge in [0.15, 0.2) is 0 Å². The molecule has 6 heteroatoms. The fourth-order valence-electron chi connectivity index (χ4n) is 3.96. The molecule has 0 radical (unpaired) electrons. The van der Waals surface area contributed by atoms with Crippen LogP contribution in [0.1, 0.15) is 37.7 Å². The number of rotatable bonds is 7. The number of hydrogen-bond donors (Lipinski definition) is 0. The Labute approximate surface area is 172 Å². The minimum Gasteiger partial charge on any atom is -0.383 e. The van der Waals surface area contributed by atoms with Gasteiger partial charge in [0.25, 0.3) is 0 Å². The highest BCUT2D eigenvalue weighted by Crippen LogP contribution is 2.29. The molecule has 1 fully saturated rings. The molecule has 1 aliphatic carbocycles. The highest BCUT2D eigenvalue weighted by molar-refractivity contribution is 6.31. The molecule has 0 saturated heterocycles. The Hall–Kier alpha value is -1.85. The number of pyridine rings is 1. The van der Waals surface area contributed by atoms with Crippen molar-refractivity contribution in [3.8, 4) is 0 Å². The summed E-state index contributed by atoms with van der Waals surface area (Å²) in [5.74, 6) is 1.26. The zero-order valence-corrected chi connectivity index (χ0v) is 17.8. The minimum atomic E-state index is 0.139. The molecular weight excluding hydrogens is 374 g/mol. The van der Waals surface area contributed by atoms with E-state index < -0.39 is 0 Å². The minimum absolute atomic E-state index is 0.139. The number of fused-ring (bicyclic) bond motifs is 1. The van der Waals surface area contributed by atoms with Gasteiger partial charge in [-0.25, -0.2) is 4.98 Å². The van der Waals surface area contributed by atoms with E-state index in [-0.39, 0.29) is 11.8 Å². The molecule has 3 rings (SSSR count). The number of carbonyl (C=O) groups is 1. The van der Waals surface area contributed by atoms with Crippen LogP contribution < -0.4 is 4.90 Å². The van der Waals surface area contributed by atoms with Gasteiger partial charge in [-0.3, -0.25) is 4.79 Å². The topological polar surface area (TPSA) is 45.7 Å². The van der Waals surface area contributed by atoms with Crippen LogP contribution in [-0.4, -0.2) is 50.1 Å². The number of anilines is 1. The van der Waals surface area contributed by atoms with Gasteiger partial charge in [-0.05, 0) is 31.0 Å². The number of amides is 1. The van der Waals surface area contributed by atoms with Crippen molar-refractivity contribution < 1.29 is 9.53 Å². The highest BCUT2D eigenvalue weighted by atomic mass is 35.5. The van der Waals surface area contributed by atoms with Crippen LogP contribution >= 0.6 is 11.6 Å². The van der Waals surface area contributed by atoms with Gasteiger partial charge < -0.3 is 14.5 Å². The fraction of sp³-hybridized carbons (Fsp3) is 0.545. The third-order valence-corrected chi connectivity index (χ3v) is 5.69. The number of aromatic nitrogens is 1. The lowest BCUT2D eigenvalue weighted by Crippen LogP contribution is -2.39. The van der Waals surface area contributed by atoms with Crippen molar-refractivity contribution in [2.24, 2.45) is 5.92 Å². The van der Waals surface area contributed by atoms with Crippen molar-refractivity contribution in [3.05, 3.63) is 34.9 Å². The van der Waals surface area contributed by atoms with Crippen LogP contribution in [0.5, 0.6) is 0 Å². The van der Waals surface area contributed by atoms with Crippen LogP contribution in [0.3, 0.4) is 0 Å². The van der Waals surface area contributed by atoms with E-state index in [9.17, 15) is 4.79 Å². The van der Waals surface area contributed by atoms with Gasteiger partial charge in [-0.1, -0.05) is 36.9 Å². The van der Waals surface area contributed by atoms with Gasteiger partial charge in [-0.15, -0.1) is 0 Å². The summed E-state index contributed by atoms with van der Waals surface area (Å²) in [5.41, 5.74) is 1.90. The molecule has 0 aliphatic heterocycles. The maximum Gasteiger partial charge on any atom is 0.226 e. The molecule has 0 unspecified atom stereocenters. The number of carbonyl (C=O) groups excluding carboxylic acids is 1. The van der Waals surface area contributed by atoms with Gasteiger partial charge in [0.1, 0.15) is 5.82 Å². The molecule has 0 bridgehead atoms. The van der Waals surface area contributed by atoms with Crippen LogP contribution in [0.2, 0.25) is 5.02 Å².